The fourth-order valence-electron chi connectivity index (χ4n) is 1.98. The van der Waals surface area contributed by atoms with Gasteiger partial charge in [-0.05, 0) is 19.1 Å². The highest BCUT2D eigenvalue weighted by Gasteiger charge is 2.10. The minimum absolute atomic E-state index is 0.188. The number of carbonyl (C=O) groups excluding carboxylic acids is 1. The van der Waals surface area contributed by atoms with Gasteiger partial charge < -0.3 is 5.32 Å². The Hall–Kier alpha value is -2.74. The van der Waals surface area contributed by atoms with Crippen molar-refractivity contribution < 1.29 is 4.79 Å². The maximum Gasteiger partial charge on any atom is 0.328 e. The molecule has 0 saturated heterocycles. The molecule has 3 rings (SSSR count). The number of anilines is 1. The molecule has 22 heavy (non-hydrogen) atoms. The van der Waals surface area contributed by atoms with Crippen LogP contribution in [0.2, 0.25) is 0 Å². The number of nitrogens with one attached hydrogen (secondary N) is 2. The van der Waals surface area contributed by atoms with Crippen LogP contribution >= 0.6 is 11.3 Å². The first-order valence-corrected chi connectivity index (χ1v) is 7.30. The summed E-state index contributed by atoms with van der Waals surface area (Å²) in [6.07, 6.45) is 1.36. The Balaban J connectivity index is 1.79. The standard InChI is InChI=1S/C14H12N4O3S/c1-8-6-18(14(21)17-12(8)20)7-11(19)16-13-15-9-4-2-3-5-10(9)22-13/h2-6H,7H2,1H3,(H,15,16,19)(H,17,20,21). The summed E-state index contributed by atoms with van der Waals surface area (Å²) in [4.78, 5) is 41.4. The minimum atomic E-state index is -0.616. The van der Waals surface area contributed by atoms with E-state index < -0.39 is 11.2 Å². The molecule has 0 spiro atoms. The third-order valence-electron chi connectivity index (χ3n) is 3.04. The van der Waals surface area contributed by atoms with Gasteiger partial charge in [0.05, 0.1) is 10.2 Å². The average molecular weight is 316 g/mol. The zero-order chi connectivity index (χ0) is 15.7. The smallest absolute Gasteiger partial charge is 0.300 e. The van der Waals surface area contributed by atoms with Crippen molar-refractivity contribution >= 4 is 32.6 Å². The predicted molar refractivity (Wildman–Crippen MR) is 84.3 cm³/mol. The van der Waals surface area contributed by atoms with Gasteiger partial charge in [0.15, 0.2) is 5.13 Å². The molecule has 112 valence electrons. The molecule has 2 N–H and O–H groups in total. The van der Waals surface area contributed by atoms with E-state index in [0.29, 0.717) is 10.7 Å². The van der Waals surface area contributed by atoms with E-state index in [1.165, 1.54) is 17.5 Å². The molecule has 0 unspecified atom stereocenters. The molecule has 1 amide bonds. The van der Waals surface area contributed by atoms with Gasteiger partial charge in [0.1, 0.15) is 6.54 Å². The lowest BCUT2D eigenvalue weighted by Crippen LogP contribution is -2.34. The molecule has 0 atom stereocenters. The van der Waals surface area contributed by atoms with Gasteiger partial charge in [0.25, 0.3) is 5.56 Å². The van der Waals surface area contributed by atoms with Crippen LogP contribution in [0.5, 0.6) is 0 Å². The van der Waals surface area contributed by atoms with Crippen LogP contribution in [0.4, 0.5) is 5.13 Å². The van der Waals surface area contributed by atoms with E-state index in [0.717, 1.165) is 14.8 Å². The number of rotatable bonds is 3. The molecule has 7 nitrogen and oxygen atoms in total. The summed E-state index contributed by atoms with van der Waals surface area (Å²) in [5, 5.41) is 3.13. The maximum absolute atomic E-state index is 12.0. The summed E-state index contributed by atoms with van der Waals surface area (Å²) in [5.74, 6) is -0.382. The highest BCUT2D eigenvalue weighted by Crippen LogP contribution is 2.25. The van der Waals surface area contributed by atoms with Crippen molar-refractivity contribution in [2.45, 2.75) is 13.5 Å². The van der Waals surface area contributed by atoms with Gasteiger partial charge in [0.2, 0.25) is 5.91 Å². The van der Waals surface area contributed by atoms with Gasteiger partial charge in [-0.15, -0.1) is 0 Å². The summed E-state index contributed by atoms with van der Waals surface area (Å²) in [6.45, 7) is 1.38. The second kappa shape index (κ2) is 5.57. The highest BCUT2D eigenvalue weighted by molar-refractivity contribution is 7.22. The number of aromatic amines is 1. The number of benzene rings is 1. The zero-order valence-electron chi connectivity index (χ0n) is 11.6. The average Bonchev–Trinajstić information content (AvgIpc) is 2.86. The number of para-hydroxylation sites is 1. The molecule has 0 fully saturated rings. The van der Waals surface area contributed by atoms with Gasteiger partial charge in [-0.1, -0.05) is 23.5 Å². The first kappa shape index (κ1) is 14.2. The Morgan fingerprint density at radius 3 is 2.91 bits per heavy atom. The number of aryl methyl sites for hydroxylation is 1. The SMILES string of the molecule is Cc1cn(CC(=O)Nc2nc3ccccc3s2)c(=O)[nH]c1=O. The number of hydrogen-bond acceptors (Lipinski definition) is 5. The summed E-state index contributed by atoms with van der Waals surface area (Å²) in [6, 6.07) is 7.54. The number of H-pyrrole nitrogens is 1. The number of fused-ring (bicyclic) bond motifs is 1. The molecule has 0 aliphatic rings. The first-order valence-electron chi connectivity index (χ1n) is 6.49. The largest absolute Gasteiger partial charge is 0.328 e. The molecule has 0 aliphatic carbocycles. The van der Waals surface area contributed by atoms with Crippen LogP contribution in [0.3, 0.4) is 0 Å². The Kier molecular flexibility index (Phi) is 3.60. The molecule has 0 bridgehead atoms. The van der Waals surface area contributed by atoms with E-state index >= 15 is 0 Å². The lowest BCUT2D eigenvalue weighted by atomic mass is 10.3. The third kappa shape index (κ3) is 2.82. The molecule has 3 aromatic rings. The number of amides is 1. The van der Waals surface area contributed by atoms with Crippen molar-refractivity contribution in [3.05, 3.63) is 56.9 Å². The summed E-state index contributed by atoms with van der Waals surface area (Å²) in [5.41, 5.74) is 0.107. The molecule has 8 heteroatoms. The van der Waals surface area contributed by atoms with Gasteiger partial charge in [-0.25, -0.2) is 9.78 Å². The van der Waals surface area contributed by atoms with Crippen molar-refractivity contribution in [2.75, 3.05) is 5.32 Å². The number of hydrogen-bond donors (Lipinski definition) is 2. The molecule has 0 saturated carbocycles. The van der Waals surface area contributed by atoms with Crippen LogP contribution in [0, 0.1) is 6.92 Å². The van der Waals surface area contributed by atoms with E-state index in [1.807, 2.05) is 24.3 Å². The molecule has 2 aromatic heterocycles. The van der Waals surface area contributed by atoms with Gasteiger partial charge in [-0.3, -0.25) is 19.1 Å². The fourth-order valence-corrected chi connectivity index (χ4v) is 2.86. The van der Waals surface area contributed by atoms with Crippen molar-refractivity contribution in [1.82, 2.24) is 14.5 Å². The van der Waals surface area contributed by atoms with Crippen molar-refractivity contribution in [3.8, 4) is 0 Å². The Morgan fingerprint density at radius 2 is 2.14 bits per heavy atom. The Morgan fingerprint density at radius 1 is 1.36 bits per heavy atom. The normalized spacial score (nSPS) is 10.8. The summed E-state index contributed by atoms with van der Waals surface area (Å²) < 4.78 is 2.12. The monoisotopic (exact) mass is 316 g/mol. The predicted octanol–water partition coefficient (Wildman–Crippen LogP) is 1.09. The van der Waals surface area contributed by atoms with Crippen LogP contribution < -0.4 is 16.6 Å². The van der Waals surface area contributed by atoms with Crippen molar-refractivity contribution in [3.63, 3.8) is 0 Å². The second-order valence-corrected chi connectivity index (χ2v) is 5.76. The van der Waals surface area contributed by atoms with Crippen LogP contribution in [0.15, 0.2) is 40.1 Å². The molecular weight excluding hydrogens is 304 g/mol. The minimum Gasteiger partial charge on any atom is -0.300 e. The van der Waals surface area contributed by atoms with Crippen molar-refractivity contribution in [1.29, 1.82) is 0 Å². The highest BCUT2D eigenvalue weighted by atomic mass is 32.1. The molecule has 0 radical (unpaired) electrons. The lowest BCUT2D eigenvalue weighted by molar-refractivity contribution is -0.116. The van der Waals surface area contributed by atoms with E-state index in [2.05, 4.69) is 15.3 Å². The molecular formula is C14H12N4O3S. The maximum atomic E-state index is 12.0. The fraction of sp³-hybridized carbons (Fsp3) is 0.143. The second-order valence-electron chi connectivity index (χ2n) is 4.73. The van der Waals surface area contributed by atoms with E-state index in [-0.39, 0.29) is 12.5 Å². The third-order valence-corrected chi connectivity index (χ3v) is 3.99. The van der Waals surface area contributed by atoms with Crippen LogP contribution in [-0.2, 0) is 11.3 Å². The molecule has 2 heterocycles. The number of thiazole rings is 1. The van der Waals surface area contributed by atoms with Gasteiger partial charge >= 0.3 is 5.69 Å². The topological polar surface area (TPSA) is 96.8 Å². The van der Waals surface area contributed by atoms with Crippen LogP contribution in [0.1, 0.15) is 5.56 Å². The molecule has 0 aliphatic heterocycles. The summed E-state index contributed by atoms with van der Waals surface area (Å²) in [7, 11) is 0. The lowest BCUT2D eigenvalue weighted by Gasteiger charge is -2.05. The van der Waals surface area contributed by atoms with Crippen molar-refractivity contribution in [2.24, 2.45) is 0 Å². The number of carbonyl (C=O) groups is 1. The van der Waals surface area contributed by atoms with E-state index in [9.17, 15) is 14.4 Å². The number of nitrogens with zero attached hydrogens (tertiary/aromatic N) is 2. The molecule has 1 aromatic carbocycles. The van der Waals surface area contributed by atoms with Crippen LogP contribution in [0.25, 0.3) is 10.2 Å². The van der Waals surface area contributed by atoms with Gasteiger partial charge in [-0.2, -0.15) is 0 Å². The Labute approximate surface area is 128 Å². The summed E-state index contributed by atoms with van der Waals surface area (Å²) >= 11 is 1.36. The number of aromatic nitrogens is 3. The Bertz CT molecular complexity index is 937. The van der Waals surface area contributed by atoms with E-state index in [1.54, 1.807) is 6.92 Å². The quantitative estimate of drug-likeness (QED) is 0.756. The van der Waals surface area contributed by atoms with Gasteiger partial charge in [0, 0.05) is 11.8 Å². The first-order chi connectivity index (χ1) is 10.5. The van der Waals surface area contributed by atoms with E-state index in [4.69, 9.17) is 0 Å². The van der Waals surface area contributed by atoms with Crippen LogP contribution in [-0.4, -0.2) is 20.4 Å². The zero-order valence-corrected chi connectivity index (χ0v) is 12.4.